The molecule has 0 atom stereocenters. The first kappa shape index (κ1) is 18.3. The molecular weight excluding hydrogens is 276 g/mol. The normalized spacial score (nSPS) is 11.5. The molecule has 0 saturated heterocycles. The van der Waals surface area contributed by atoms with E-state index in [0.717, 1.165) is 12.8 Å². The van der Waals surface area contributed by atoms with Crippen LogP contribution in [0.15, 0.2) is 35.9 Å². The SMILES string of the molecule is CCCCCCCCC/C=C(\C)C(=O)Oc1ccccc1O. The fourth-order valence-corrected chi connectivity index (χ4v) is 2.23. The Morgan fingerprint density at radius 3 is 2.41 bits per heavy atom. The van der Waals surface area contributed by atoms with Crippen LogP contribution in [0.1, 0.15) is 65.2 Å². The van der Waals surface area contributed by atoms with E-state index in [9.17, 15) is 9.90 Å². The Bertz CT molecular complexity index is 477. The minimum absolute atomic E-state index is 0.0178. The van der Waals surface area contributed by atoms with Gasteiger partial charge in [-0.1, -0.05) is 63.7 Å². The number of aromatic hydroxyl groups is 1. The molecule has 0 unspecified atom stereocenters. The molecule has 1 rings (SSSR count). The fourth-order valence-electron chi connectivity index (χ4n) is 2.23. The zero-order valence-corrected chi connectivity index (χ0v) is 13.8. The van der Waals surface area contributed by atoms with Crippen molar-refractivity contribution in [2.75, 3.05) is 0 Å². The van der Waals surface area contributed by atoms with Gasteiger partial charge in [-0.15, -0.1) is 0 Å². The fraction of sp³-hybridized carbons (Fsp3) is 0.526. The highest BCUT2D eigenvalue weighted by Crippen LogP contribution is 2.25. The summed E-state index contributed by atoms with van der Waals surface area (Å²) in [5, 5.41) is 9.58. The van der Waals surface area contributed by atoms with Gasteiger partial charge >= 0.3 is 5.97 Å². The van der Waals surface area contributed by atoms with Crippen molar-refractivity contribution in [1.82, 2.24) is 0 Å². The summed E-state index contributed by atoms with van der Waals surface area (Å²) in [6.07, 6.45) is 11.7. The van der Waals surface area contributed by atoms with Gasteiger partial charge in [0.25, 0.3) is 0 Å². The average molecular weight is 304 g/mol. The summed E-state index contributed by atoms with van der Waals surface area (Å²) in [5.41, 5.74) is 0.592. The number of benzene rings is 1. The van der Waals surface area contributed by atoms with Gasteiger partial charge in [0, 0.05) is 5.57 Å². The number of allylic oxidation sites excluding steroid dienone is 1. The van der Waals surface area contributed by atoms with Crippen LogP contribution in [0, 0.1) is 0 Å². The van der Waals surface area contributed by atoms with Crippen LogP contribution >= 0.6 is 0 Å². The first-order valence-corrected chi connectivity index (χ1v) is 8.32. The van der Waals surface area contributed by atoms with E-state index < -0.39 is 5.97 Å². The van der Waals surface area contributed by atoms with Gasteiger partial charge in [-0.05, 0) is 31.9 Å². The van der Waals surface area contributed by atoms with Crippen molar-refractivity contribution in [3.8, 4) is 11.5 Å². The van der Waals surface area contributed by atoms with E-state index in [1.807, 2.05) is 6.08 Å². The van der Waals surface area contributed by atoms with Crippen LogP contribution < -0.4 is 4.74 Å². The number of unbranched alkanes of at least 4 members (excludes halogenated alkanes) is 7. The lowest BCUT2D eigenvalue weighted by Crippen LogP contribution is -2.09. The van der Waals surface area contributed by atoms with Gasteiger partial charge in [-0.3, -0.25) is 0 Å². The molecule has 0 aliphatic rings. The molecule has 0 heterocycles. The largest absolute Gasteiger partial charge is 0.504 e. The third kappa shape index (κ3) is 7.30. The molecule has 0 saturated carbocycles. The van der Waals surface area contributed by atoms with Gasteiger partial charge in [0.15, 0.2) is 11.5 Å². The van der Waals surface area contributed by atoms with E-state index in [1.54, 1.807) is 25.1 Å². The highest BCUT2D eigenvalue weighted by molar-refractivity contribution is 5.89. The van der Waals surface area contributed by atoms with Crippen molar-refractivity contribution in [1.29, 1.82) is 0 Å². The Hall–Kier alpha value is -1.77. The highest BCUT2D eigenvalue weighted by Gasteiger charge is 2.09. The van der Waals surface area contributed by atoms with Crippen molar-refractivity contribution in [3.63, 3.8) is 0 Å². The van der Waals surface area contributed by atoms with E-state index in [1.165, 1.54) is 44.6 Å². The Morgan fingerprint density at radius 2 is 1.73 bits per heavy atom. The van der Waals surface area contributed by atoms with Crippen LogP contribution in [-0.4, -0.2) is 11.1 Å². The third-order valence-electron chi connectivity index (χ3n) is 3.65. The number of carbonyl (C=O) groups is 1. The molecule has 1 N–H and O–H groups in total. The lowest BCUT2D eigenvalue weighted by Gasteiger charge is -2.06. The number of esters is 1. The molecule has 0 spiro atoms. The zero-order valence-electron chi connectivity index (χ0n) is 13.8. The standard InChI is InChI=1S/C19H28O3/c1-3-4-5-6-7-8-9-10-13-16(2)19(21)22-18-15-12-11-14-17(18)20/h11-15,20H,3-10H2,1-2H3/b16-13+. The van der Waals surface area contributed by atoms with E-state index in [2.05, 4.69) is 6.92 Å². The van der Waals surface area contributed by atoms with E-state index in [-0.39, 0.29) is 11.5 Å². The van der Waals surface area contributed by atoms with E-state index >= 15 is 0 Å². The Morgan fingerprint density at radius 1 is 1.09 bits per heavy atom. The number of hydrogen-bond donors (Lipinski definition) is 1. The molecule has 3 nitrogen and oxygen atoms in total. The topological polar surface area (TPSA) is 46.5 Å². The molecular formula is C19H28O3. The average Bonchev–Trinajstić information content (AvgIpc) is 2.52. The van der Waals surface area contributed by atoms with Gasteiger partial charge < -0.3 is 9.84 Å². The third-order valence-corrected chi connectivity index (χ3v) is 3.65. The van der Waals surface area contributed by atoms with Gasteiger partial charge in [0.2, 0.25) is 0 Å². The van der Waals surface area contributed by atoms with E-state index in [4.69, 9.17) is 4.74 Å². The summed E-state index contributed by atoms with van der Waals surface area (Å²) in [4.78, 5) is 11.9. The highest BCUT2D eigenvalue weighted by atomic mass is 16.5. The molecule has 0 bridgehead atoms. The van der Waals surface area contributed by atoms with Crippen LogP contribution in [0.5, 0.6) is 11.5 Å². The quantitative estimate of drug-likeness (QED) is 0.273. The number of phenols is 1. The van der Waals surface area contributed by atoms with Gasteiger partial charge in [-0.25, -0.2) is 4.79 Å². The first-order valence-electron chi connectivity index (χ1n) is 8.32. The zero-order chi connectivity index (χ0) is 16.2. The number of ether oxygens (including phenoxy) is 1. The first-order chi connectivity index (χ1) is 10.6. The van der Waals surface area contributed by atoms with Crippen LogP contribution in [0.4, 0.5) is 0 Å². The number of phenolic OH excluding ortho intramolecular Hbond substituents is 1. The Balaban J connectivity index is 2.24. The summed E-state index contributed by atoms with van der Waals surface area (Å²) in [5.74, 6) is -0.212. The van der Waals surface area contributed by atoms with E-state index in [0.29, 0.717) is 5.57 Å². The number of hydrogen-bond acceptors (Lipinski definition) is 3. The van der Waals surface area contributed by atoms with Crippen molar-refractivity contribution in [2.24, 2.45) is 0 Å². The van der Waals surface area contributed by atoms with Crippen molar-refractivity contribution in [2.45, 2.75) is 65.2 Å². The maximum absolute atomic E-state index is 11.9. The Labute approximate surface area is 134 Å². The molecule has 0 amide bonds. The molecule has 22 heavy (non-hydrogen) atoms. The maximum atomic E-state index is 11.9. The number of carbonyl (C=O) groups excluding carboxylic acids is 1. The molecule has 0 radical (unpaired) electrons. The molecule has 1 aromatic rings. The molecule has 0 aliphatic carbocycles. The minimum atomic E-state index is -0.399. The van der Waals surface area contributed by atoms with Crippen LogP contribution in [-0.2, 0) is 4.79 Å². The minimum Gasteiger partial charge on any atom is -0.504 e. The van der Waals surface area contributed by atoms with Crippen LogP contribution in [0.25, 0.3) is 0 Å². The molecule has 0 aliphatic heterocycles. The second-order valence-corrected chi connectivity index (χ2v) is 5.65. The van der Waals surface area contributed by atoms with Gasteiger partial charge in [0.05, 0.1) is 0 Å². The molecule has 0 fully saturated rings. The van der Waals surface area contributed by atoms with Gasteiger partial charge in [0.1, 0.15) is 0 Å². The van der Waals surface area contributed by atoms with Crippen LogP contribution in [0.2, 0.25) is 0 Å². The summed E-state index contributed by atoms with van der Waals surface area (Å²) >= 11 is 0. The summed E-state index contributed by atoms with van der Waals surface area (Å²) in [7, 11) is 0. The second-order valence-electron chi connectivity index (χ2n) is 5.65. The summed E-state index contributed by atoms with van der Waals surface area (Å²) in [6, 6.07) is 6.49. The summed E-state index contributed by atoms with van der Waals surface area (Å²) in [6.45, 7) is 3.98. The Kier molecular flexibility index (Phi) is 9.04. The number of para-hydroxylation sites is 2. The van der Waals surface area contributed by atoms with Crippen molar-refractivity contribution < 1.29 is 14.6 Å². The smallest absolute Gasteiger partial charge is 0.338 e. The van der Waals surface area contributed by atoms with Crippen molar-refractivity contribution in [3.05, 3.63) is 35.9 Å². The molecule has 1 aromatic carbocycles. The second kappa shape index (κ2) is 10.9. The monoisotopic (exact) mass is 304 g/mol. The van der Waals surface area contributed by atoms with Crippen LogP contribution in [0.3, 0.4) is 0 Å². The predicted octanol–water partition coefficient (Wildman–Crippen LogP) is 5.38. The van der Waals surface area contributed by atoms with Gasteiger partial charge in [-0.2, -0.15) is 0 Å². The predicted molar refractivity (Wildman–Crippen MR) is 90.1 cm³/mol. The molecule has 0 aromatic heterocycles. The lowest BCUT2D eigenvalue weighted by atomic mass is 10.1. The van der Waals surface area contributed by atoms with Crippen molar-refractivity contribution >= 4 is 5.97 Å². The lowest BCUT2D eigenvalue weighted by molar-refractivity contribution is -0.130. The number of rotatable bonds is 10. The summed E-state index contributed by atoms with van der Waals surface area (Å²) < 4.78 is 5.17. The molecule has 3 heteroatoms. The molecule has 122 valence electrons. The maximum Gasteiger partial charge on any atom is 0.338 e.